The van der Waals surface area contributed by atoms with Crippen molar-refractivity contribution in [3.63, 3.8) is 0 Å². The molecule has 0 heterocycles. The minimum Gasteiger partial charge on any atom is -0.496 e. The number of ether oxygens (including phenoxy) is 1. The SMILES string of the molecule is COc1c(C(=O)CC2(CN)CCCCC2)ccc(C)c1C. The van der Waals surface area contributed by atoms with Crippen LogP contribution in [0.3, 0.4) is 0 Å². The van der Waals surface area contributed by atoms with Crippen LogP contribution in [-0.4, -0.2) is 19.4 Å². The summed E-state index contributed by atoms with van der Waals surface area (Å²) in [5.74, 6) is 0.894. The van der Waals surface area contributed by atoms with Gasteiger partial charge in [0, 0.05) is 6.42 Å². The Bertz CT molecular complexity index is 516. The molecule has 2 rings (SSSR count). The highest BCUT2D eigenvalue weighted by molar-refractivity contribution is 5.99. The van der Waals surface area contributed by atoms with Gasteiger partial charge in [0.2, 0.25) is 0 Å². The monoisotopic (exact) mass is 289 g/mol. The number of nitrogens with two attached hydrogens (primary N) is 1. The Hall–Kier alpha value is -1.35. The van der Waals surface area contributed by atoms with Crippen LogP contribution in [-0.2, 0) is 0 Å². The van der Waals surface area contributed by atoms with Crippen molar-refractivity contribution in [1.29, 1.82) is 0 Å². The topological polar surface area (TPSA) is 52.3 Å². The smallest absolute Gasteiger partial charge is 0.167 e. The van der Waals surface area contributed by atoms with E-state index in [0.29, 0.717) is 18.5 Å². The van der Waals surface area contributed by atoms with Crippen molar-refractivity contribution >= 4 is 5.78 Å². The van der Waals surface area contributed by atoms with Gasteiger partial charge in [0.25, 0.3) is 0 Å². The Kier molecular flexibility index (Phi) is 5.04. The summed E-state index contributed by atoms with van der Waals surface area (Å²) in [5.41, 5.74) is 8.91. The summed E-state index contributed by atoms with van der Waals surface area (Å²) in [4.78, 5) is 12.8. The average Bonchev–Trinajstić information content (AvgIpc) is 2.50. The maximum Gasteiger partial charge on any atom is 0.167 e. The predicted molar refractivity (Wildman–Crippen MR) is 86.0 cm³/mol. The van der Waals surface area contributed by atoms with Gasteiger partial charge in [-0.3, -0.25) is 4.79 Å². The van der Waals surface area contributed by atoms with Gasteiger partial charge < -0.3 is 10.5 Å². The van der Waals surface area contributed by atoms with Gasteiger partial charge in [0.1, 0.15) is 5.75 Å². The van der Waals surface area contributed by atoms with E-state index in [1.54, 1.807) is 7.11 Å². The quantitative estimate of drug-likeness (QED) is 0.839. The summed E-state index contributed by atoms with van der Waals surface area (Å²) in [7, 11) is 1.64. The second kappa shape index (κ2) is 6.61. The lowest BCUT2D eigenvalue weighted by atomic mass is 9.70. The van der Waals surface area contributed by atoms with Crippen LogP contribution in [0.25, 0.3) is 0 Å². The van der Waals surface area contributed by atoms with Crippen LogP contribution in [0.2, 0.25) is 0 Å². The van der Waals surface area contributed by atoms with E-state index in [4.69, 9.17) is 10.5 Å². The molecule has 2 N–H and O–H groups in total. The zero-order valence-electron chi connectivity index (χ0n) is 13.5. The lowest BCUT2D eigenvalue weighted by molar-refractivity contribution is 0.0865. The molecule has 3 nitrogen and oxygen atoms in total. The third-order valence-corrected chi connectivity index (χ3v) is 5.06. The molecule has 0 aromatic heterocycles. The Labute approximate surface area is 127 Å². The lowest BCUT2D eigenvalue weighted by Crippen LogP contribution is -2.35. The summed E-state index contributed by atoms with van der Waals surface area (Å²) in [5, 5.41) is 0. The van der Waals surface area contributed by atoms with E-state index >= 15 is 0 Å². The van der Waals surface area contributed by atoms with Crippen LogP contribution in [0, 0.1) is 19.3 Å². The van der Waals surface area contributed by atoms with Gasteiger partial charge >= 0.3 is 0 Å². The van der Waals surface area contributed by atoms with Gasteiger partial charge in [-0.25, -0.2) is 0 Å². The summed E-state index contributed by atoms with van der Waals surface area (Å²) >= 11 is 0. The van der Waals surface area contributed by atoms with Crippen molar-refractivity contribution in [2.75, 3.05) is 13.7 Å². The molecule has 21 heavy (non-hydrogen) atoms. The maximum absolute atomic E-state index is 12.8. The van der Waals surface area contributed by atoms with Crippen LogP contribution in [0.5, 0.6) is 5.75 Å². The zero-order valence-corrected chi connectivity index (χ0v) is 13.5. The average molecular weight is 289 g/mol. The molecule has 0 spiro atoms. The molecule has 0 bridgehead atoms. The first-order valence-electron chi connectivity index (χ1n) is 7.90. The molecule has 1 aromatic rings. The number of ketones is 1. The first-order valence-corrected chi connectivity index (χ1v) is 7.90. The number of carbonyl (C=O) groups excluding carboxylic acids is 1. The van der Waals surface area contributed by atoms with E-state index in [9.17, 15) is 4.79 Å². The summed E-state index contributed by atoms with van der Waals surface area (Å²) in [6, 6.07) is 3.90. The van der Waals surface area contributed by atoms with E-state index < -0.39 is 0 Å². The second-order valence-electron chi connectivity index (χ2n) is 6.45. The summed E-state index contributed by atoms with van der Waals surface area (Å²) in [6.07, 6.45) is 6.33. The Morgan fingerprint density at radius 3 is 2.48 bits per heavy atom. The fourth-order valence-corrected chi connectivity index (χ4v) is 3.46. The van der Waals surface area contributed by atoms with E-state index in [2.05, 4.69) is 0 Å². The number of rotatable bonds is 5. The molecule has 1 aliphatic carbocycles. The molecule has 0 aliphatic heterocycles. The maximum atomic E-state index is 12.8. The molecule has 116 valence electrons. The van der Waals surface area contributed by atoms with Gasteiger partial charge in [-0.1, -0.05) is 25.3 Å². The molecule has 3 heteroatoms. The second-order valence-corrected chi connectivity index (χ2v) is 6.45. The highest BCUT2D eigenvalue weighted by atomic mass is 16.5. The van der Waals surface area contributed by atoms with Crippen molar-refractivity contribution in [2.45, 2.75) is 52.4 Å². The number of aryl methyl sites for hydroxylation is 1. The Morgan fingerprint density at radius 2 is 1.90 bits per heavy atom. The van der Waals surface area contributed by atoms with E-state index in [1.807, 2.05) is 26.0 Å². The molecule has 1 aromatic carbocycles. The van der Waals surface area contributed by atoms with Crippen molar-refractivity contribution in [3.8, 4) is 5.75 Å². The molecular weight excluding hydrogens is 262 g/mol. The Balaban J connectivity index is 2.26. The number of Topliss-reactive ketones (excluding diaryl/α,β-unsaturated/α-hetero) is 1. The zero-order chi connectivity index (χ0) is 15.5. The predicted octanol–water partition coefficient (Wildman–Crippen LogP) is 3.79. The minimum atomic E-state index is -0.000858. The standard InChI is InChI=1S/C18H27NO2/c1-13-7-8-15(17(21-3)14(13)2)16(20)11-18(12-19)9-5-4-6-10-18/h7-8H,4-6,9-12,19H2,1-3H3. The first-order chi connectivity index (χ1) is 10.0. The van der Waals surface area contributed by atoms with Gasteiger partial charge in [-0.2, -0.15) is 0 Å². The van der Waals surface area contributed by atoms with Crippen molar-refractivity contribution in [2.24, 2.45) is 11.1 Å². The number of hydrogen-bond acceptors (Lipinski definition) is 3. The summed E-state index contributed by atoms with van der Waals surface area (Å²) in [6.45, 7) is 4.64. The molecular formula is C18H27NO2. The minimum absolute atomic E-state index is 0.000858. The first kappa shape index (κ1) is 16.0. The molecule has 1 saturated carbocycles. The lowest BCUT2D eigenvalue weighted by Gasteiger charge is -2.35. The molecule has 0 radical (unpaired) electrons. The van der Waals surface area contributed by atoms with Gasteiger partial charge in [-0.05, 0) is 55.8 Å². The number of methoxy groups -OCH3 is 1. The highest BCUT2D eigenvalue weighted by Gasteiger charge is 2.34. The fourth-order valence-electron chi connectivity index (χ4n) is 3.46. The molecule has 0 saturated heterocycles. The van der Waals surface area contributed by atoms with Crippen molar-refractivity contribution < 1.29 is 9.53 Å². The molecule has 0 unspecified atom stereocenters. The van der Waals surface area contributed by atoms with Crippen LogP contribution >= 0.6 is 0 Å². The van der Waals surface area contributed by atoms with Crippen LogP contribution in [0.15, 0.2) is 12.1 Å². The van der Waals surface area contributed by atoms with Crippen molar-refractivity contribution in [1.82, 2.24) is 0 Å². The molecule has 1 fully saturated rings. The van der Waals surface area contributed by atoms with E-state index in [1.165, 1.54) is 19.3 Å². The third kappa shape index (κ3) is 3.29. The third-order valence-electron chi connectivity index (χ3n) is 5.06. The van der Waals surface area contributed by atoms with Crippen LogP contribution in [0.4, 0.5) is 0 Å². The summed E-state index contributed by atoms with van der Waals surface area (Å²) < 4.78 is 5.48. The van der Waals surface area contributed by atoms with Crippen molar-refractivity contribution in [3.05, 3.63) is 28.8 Å². The van der Waals surface area contributed by atoms with Gasteiger partial charge in [0.15, 0.2) is 5.78 Å². The van der Waals surface area contributed by atoms with Crippen LogP contribution in [0.1, 0.15) is 60.0 Å². The number of hydrogen-bond donors (Lipinski definition) is 1. The normalized spacial score (nSPS) is 17.5. The fraction of sp³-hybridized carbons (Fsp3) is 0.611. The largest absolute Gasteiger partial charge is 0.496 e. The Morgan fingerprint density at radius 1 is 1.24 bits per heavy atom. The van der Waals surface area contributed by atoms with E-state index in [-0.39, 0.29) is 11.2 Å². The number of carbonyl (C=O) groups is 1. The van der Waals surface area contributed by atoms with Crippen LogP contribution < -0.4 is 10.5 Å². The highest BCUT2D eigenvalue weighted by Crippen LogP contribution is 2.40. The number of benzene rings is 1. The van der Waals surface area contributed by atoms with E-state index in [0.717, 1.165) is 29.7 Å². The molecule has 0 atom stereocenters. The molecule has 0 amide bonds. The molecule has 1 aliphatic rings. The van der Waals surface area contributed by atoms with Gasteiger partial charge in [-0.15, -0.1) is 0 Å². The van der Waals surface area contributed by atoms with Gasteiger partial charge in [0.05, 0.1) is 12.7 Å².